The lowest BCUT2D eigenvalue weighted by atomic mass is 10.2. The molecule has 1 aromatic rings. The first-order valence-electron chi connectivity index (χ1n) is 8.12. The van der Waals surface area contributed by atoms with Crippen molar-refractivity contribution in [1.29, 1.82) is 0 Å². The van der Waals surface area contributed by atoms with E-state index in [1.807, 2.05) is 0 Å². The predicted molar refractivity (Wildman–Crippen MR) is 93.5 cm³/mol. The van der Waals surface area contributed by atoms with Gasteiger partial charge in [-0.05, 0) is 25.2 Å². The number of hydrogen-bond acceptors (Lipinski definition) is 5. The fourth-order valence-corrected chi connectivity index (χ4v) is 2.28. The van der Waals surface area contributed by atoms with Gasteiger partial charge in [-0.1, -0.05) is 19.9 Å². The molecular formula is C17H27N3O4. The predicted octanol–water partition coefficient (Wildman–Crippen LogP) is 1.41. The lowest BCUT2D eigenvalue weighted by Gasteiger charge is -2.20. The zero-order chi connectivity index (χ0) is 17.9. The van der Waals surface area contributed by atoms with Crippen molar-refractivity contribution in [2.45, 2.75) is 26.3 Å². The third-order valence-electron chi connectivity index (χ3n) is 3.75. The summed E-state index contributed by atoms with van der Waals surface area (Å²) in [6.45, 7) is 7.19. The number of anilines is 1. The Labute approximate surface area is 143 Å². The number of carboxylic acids is 1. The van der Waals surface area contributed by atoms with E-state index in [2.05, 4.69) is 29.4 Å². The highest BCUT2D eigenvalue weighted by molar-refractivity contribution is 5.94. The molecule has 134 valence electrons. The second-order valence-corrected chi connectivity index (χ2v) is 5.36. The summed E-state index contributed by atoms with van der Waals surface area (Å²) in [4.78, 5) is 25.6. The second kappa shape index (κ2) is 10.6. The molecule has 1 atom stereocenters. The van der Waals surface area contributed by atoms with Gasteiger partial charge in [0.05, 0.1) is 13.5 Å². The topological polar surface area (TPSA) is 90.9 Å². The number of benzene rings is 1. The summed E-state index contributed by atoms with van der Waals surface area (Å²) in [5.41, 5.74) is 0.576. The van der Waals surface area contributed by atoms with E-state index in [0.717, 1.165) is 19.6 Å². The number of nitrogens with zero attached hydrogens (tertiary/aromatic N) is 1. The third-order valence-corrected chi connectivity index (χ3v) is 3.75. The van der Waals surface area contributed by atoms with Crippen LogP contribution in [0.4, 0.5) is 5.69 Å². The summed E-state index contributed by atoms with van der Waals surface area (Å²) in [5, 5.41) is 14.9. The van der Waals surface area contributed by atoms with Gasteiger partial charge in [0.25, 0.3) is 0 Å². The monoisotopic (exact) mass is 337 g/mol. The molecule has 0 aromatic heterocycles. The Balaban J connectivity index is 2.51. The summed E-state index contributed by atoms with van der Waals surface area (Å²) >= 11 is 0. The Morgan fingerprint density at radius 3 is 2.58 bits per heavy atom. The highest BCUT2D eigenvalue weighted by Crippen LogP contribution is 2.16. The fraction of sp³-hybridized carbons (Fsp3) is 0.529. The van der Waals surface area contributed by atoms with Crippen LogP contribution in [0.15, 0.2) is 24.3 Å². The van der Waals surface area contributed by atoms with Crippen LogP contribution in [0.2, 0.25) is 0 Å². The van der Waals surface area contributed by atoms with Crippen LogP contribution in [0.3, 0.4) is 0 Å². The number of carbonyl (C=O) groups is 2. The number of carboxylic acid groups (broad SMARTS) is 1. The smallest absolute Gasteiger partial charge is 0.321 e. The molecule has 0 aliphatic carbocycles. The minimum absolute atomic E-state index is 0.134. The fourth-order valence-electron chi connectivity index (χ4n) is 2.28. The van der Waals surface area contributed by atoms with E-state index in [-0.39, 0.29) is 12.3 Å². The van der Waals surface area contributed by atoms with E-state index >= 15 is 0 Å². The molecule has 0 bridgehead atoms. The number of amides is 1. The summed E-state index contributed by atoms with van der Waals surface area (Å²) in [7, 11) is 1.54. The number of likely N-dealkylation sites (N-methyl/N-ethyl adjacent to an activating group) is 1. The maximum Gasteiger partial charge on any atom is 0.321 e. The number of ether oxygens (including phenoxy) is 1. The van der Waals surface area contributed by atoms with E-state index in [1.165, 1.54) is 0 Å². The molecule has 0 aliphatic rings. The molecule has 0 aliphatic heterocycles. The Kier molecular flexibility index (Phi) is 8.81. The SMILES string of the molecule is CCN(CC)CCNC(CC(=O)Nc1cccc(OC)c1)C(=O)O. The molecular weight excluding hydrogens is 310 g/mol. The third kappa shape index (κ3) is 6.97. The quantitative estimate of drug-likeness (QED) is 0.565. The molecule has 1 amide bonds. The Hall–Kier alpha value is -2.12. The average molecular weight is 337 g/mol. The van der Waals surface area contributed by atoms with Crippen molar-refractivity contribution >= 4 is 17.6 Å². The minimum atomic E-state index is -1.03. The van der Waals surface area contributed by atoms with Gasteiger partial charge in [-0.15, -0.1) is 0 Å². The van der Waals surface area contributed by atoms with E-state index in [4.69, 9.17) is 4.74 Å². The minimum Gasteiger partial charge on any atom is -0.497 e. The molecule has 7 nitrogen and oxygen atoms in total. The number of rotatable bonds is 11. The maximum absolute atomic E-state index is 12.1. The van der Waals surface area contributed by atoms with Crippen molar-refractivity contribution in [3.8, 4) is 5.75 Å². The van der Waals surface area contributed by atoms with Crippen LogP contribution in [0.5, 0.6) is 5.75 Å². The first-order chi connectivity index (χ1) is 11.5. The lowest BCUT2D eigenvalue weighted by molar-refractivity contribution is -0.141. The molecule has 0 fully saturated rings. The standard InChI is InChI=1S/C17H27N3O4/c1-4-20(5-2)10-9-18-15(17(22)23)12-16(21)19-13-7-6-8-14(11-13)24-3/h6-8,11,15,18H,4-5,9-10,12H2,1-3H3,(H,19,21)(H,22,23). The lowest BCUT2D eigenvalue weighted by Crippen LogP contribution is -2.43. The first-order valence-corrected chi connectivity index (χ1v) is 8.12. The van der Waals surface area contributed by atoms with Gasteiger partial charge in [0.1, 0.15) is 11.8 Å². The molecule has 1 unspecified atom stereocenters. The largest absolute Gasteiger partial charge is 0.497 e. The first kappa shape index (κ1) is 19.9. The van der Waals surface area contributed by atoms with Crippen molar-refractivity contribution in [2.75, 3.05) is 38.6 Å². The second-order valence-electron chi connectivity index (χ2n) is 5.36. The summed E-state index contributed by atoms with van der Waals surface area (Å²) in [6.07, 6.45) is -0.134. The van der Waals surface area contributed by atoms with Gasteiger partial charge in [0.15, 0.2) is 0 Å². The molecule has 0 heterocycles. The summed E-state index contributed by atoms with van der Waals surface area (Å²) < 4.78 is 5.09. The van der Waals surface area contributed by atoms with Crippen molar-refractivity contribution in [2.24, 2.45) is 0 Å². The molecule has 0 radical (unpaired) electrons. The molecule has 0 saturated heterocycles. The number of nitrogens with one attached hydrogen (secondary N) is 2. The zero-order valence-corrected chi connectivity index (χ0v) is 14.5. The van der Waals surface area contributed by atoms with Crippen molar-refractivity contribution in [3.63, 3.8) is 0 Å². The van der Waals surface area contributed by atoms with E-state index in [9.17, 15) is 14.7 Å². The van der Waals surface area contributed by atoms with Crippen LogP contribution in [0, 0.1) is 0 Å². The van der Waals surface area contributed by atoms with Crippen LogP contribution < -0.4 is 15.4 Å². The summed E-state index contributed by atoms with van der Waals surface area (Å²) in [5.74, 6) is -0.763. The van der Waals surface area contributed by atoms with E-state index < -0.39 is 12.0 Å². The highest BCUT2D eigenvalue weighted by Gasteiger charge is 2.20. The van der Waals surface area contributed by atoms with Crippen molar-refractivity contribution < 1.29 is 19.4 Å². The molecule has 3 N–H and O–H groups in total. The Morgan fingerprint density at radius 2 is 2.00 bits per heavy atom. The van der Waals surface area contributed by atoms with Crippen LogP contribution in [0.1, 0.15) is 20.3 Å². The van der Waals surface area contributed by atoms with Crippen molar-refractivity contribution in [3.05, 3.63) is 24.3 Å². The van der Waals surface area contributed by atoms with Gasteiger partial charge in [-0.2, -0.15) is 0 Å². The van der Waals surface area contributed by atoms with Gasteiger partial charge in [0.2, 0.25) is 5.91 Å². The number of carbonyl (C=O) groups excluding carboxylic acids is 1. The normalized spacial score (nSPS) is 12.0. The number of aliphatic carboxylic acids is 1. The molecule has 24 heavy (non-hydrogen) atoms. The molecule has 1 aromatic carbocycles. The summed E-state index contributed by atoms with van der Waals surface area (Å²) in [6, 6.07) is 6.02. The van der Waals surface area contributed by atoms with Gasteiger partial charge in [-0.25, -0.2) is 0 Å². The van der Waals surface area contributed by atoms with E-state index in [0.29, 0.717) is 18.0 Å². The van der Waals surface area contributed by atoms with Crippen molar-refractivity contribution in [1.82, 2.24) is 10.2 Å². The molecule has 0 spiro atoms. The molecule has 1 rings (SSSR count). The van der Waals surface area contributed by atoms with Gasteiger partial charge in [-0.3, -0.25) is 9.59 Å². The number of hydrogen-bond donors (Lipinski definition) is 3. The van der Waals surface area contributed by atoms with Crippen LogP contribution >= 0.6 is 0 Å². The van der Waals surface area contributed by atoms with Crippen LogP contribution in [-0.2, 0) is 9.59 Å². The van der Waals surface area contributed by atoms with Crippen LogP contribution in [-0.4, -0.2) is 61.2 Å². The maximum atomic E-state index is 12.1. The van der Waals surface area contributed by atoms with Crippen LogP contribution in [0.25, 0.3) is 0 Å². The Bertz CT molecular complexity index is 532. The number of methoxy groups -OCH3 is 1. The molecule has 7 heteroatoms. The van der Waals surface area contributed by atoms with E-state index in [1.54, 1.807) is 31.4 Å². The highest BCUT2D eigenvalue weighted by atomic mass is 16.5. The zero-order valence-electron chi connectivity index (χ0n) is 14.5. The van der Waals surface area contributed by atoms with Gasteiger partial charge >= 0.3 is 5.97 Å². The Morgan fingerprint density at radius 1 is 1.29 bits per heavy atom. The van der Waals surface area contributed by atoms with Gasteiger partial charge in [0, 0.05) is 24.8 Å². The average Bonchev–Trinajstić information content (AvgIpc) is 2.57. The molecule has 0 saturated carbocycles. The van der Waals surface area contributed by atoms with Gasteiger partial charge < -0.3 is 25.4 Å².